The summed E-state index contributed by atoms with van der Waals surface area (Å²) in [5.41, 5.74) is -0.318. The number of carboxylic acids is 1. The quantitative estimate of drug-likeness (QED) is 0.897. The van der Waals surface area contributed by atoms with Crippen LogP contribution in [0.2, 0.25) is 5.02 Å². The molecule has 6 nitrogen and oxygen atoms in total. The molecule has 2 aromatic carbocycles. The molecule has 0 aromatic heterocycles. The lowest BCUT2D eigenvalue weighted by atomic mass is 10.2. The van der Waals surface area contributed by atoms with Crippen LogP contribution >= 0.6 is 11.6 Å². The van der Waals surface area contributed by atoms with Gasteiger partial charge in [-0.1, -0.05) is 17.7 Å². The van der Waals surface area contributed by atoms with Crippen molar-refractivity contribution < 1.29 is 23.1 Å². The molecule has 0 fully saturated rings. The van der Waals surface area contributed by atoms with Crippen molar-refractivity contribution in [1.82, 2.24) is 0 Å². The van der Waals surface area contributed by atoms with Gasteiger partial charge in [-0.2, -0.15) is 0 Å². The lowest BCUT2D eigenvalue weighted by Crippen LogP contribution is -2.13. The molecule has 0 saturated heterocycles. The normalized spacial score (nSPS) is 11.1. The van der Waals surface area contributed by atoms with Crippen LogP contribution in [0.5, 0.6) is 11.5 Å². The second kappa shape index (κ2) is 5.72. The van der Waals surface area contributed by atoms with Gasteiger partial charge >= 0.3 is 5.97 Å². The Balaban J connectivity index is 2.47. The van der Waals surface area contributed by atoms with E-state index >= 15 is 0 Å². The first kappa shape index (κ1) is 15.3. The van der Waals surface area contributed by atoms with Crippen molar-refractivity contribution in [1.29, 1.82) is 0 Å². The molecule has 0 spiro atoms. The number of benzene rings is 2. The number of sulfonamides is 1. The zero-order valence-corrected chi connectivity index (χ0v) is 12.1. The maximum absolute atomic E-state index is 11.2. The van der Waals surface area contributed by atoms with Gasteiger partial charge in [-0.05, 0) is 36.4 Å². The first-order valence-electron chi connectivity index (χ1n) is 5.61. The van der Waals surface area contributed by atoms with Crippen LogP contribution < -0.4 is 9.88 Å². The molecule has 110 valence electrons. The fourth-order valence-corrected chi connectivity index (χ4v) is 2.32. The minimum atomic E-state index is -4.00. The van der Waals surface area contributed by atoms with Crippen LogP contribution in [0.3, 0.4) is 0 Å². The topological polar surface area (TPSA) is 107 Å². The average molecular weight is 328 g/mol. The smallest absolute Gasteiger partial charge is 0.339 e. The summed E-state index contributed by atoms with van der Waals surface area (Å²) in [4.78, 5) is 10.9. The van der Waals surface area contributed by atoms with Crippen molar-refractivity contribution in [3.63, 3.8) is 0 Å². The van der Waals surface area contributed by atoms with E-state index in [1.807, 2.05) is 0 Å². The van der Waals surface area contributed by atoms with E-state index in [1.165, 1.54) is 18.2 Å². The van der Waals surface area contributed by atoms with Gasteiger partial charge in [0, 0.05) is 5.02 Å². The summed E-state index contributed by atoms with van der Waals surface area (Å²) < 4.78 is 27.9. The number of nitrogens with two attached hydrogens (primary N) is 1. The van der Waals surface area contributed by atoms with Gasteiger partial charge in [-0.25, -0.2) is 18.4 Å². The highest BCUT2D eigenvalue weighted by atomic mass is 35.5. The number of carboxylic acid groups (broad SMARTS) is 1. The molecule has 21 heavy (non-hydrogen) atoms. The van der Waals surface area contributed by atoms with Crippen LogP contribution in [-0.4, -0.2) is 19.5 Å². The lowest BCUT2D eigenvalue weighted by Gasteiger charge is -2.10. The van der Waals surface area contributed by atoms with E-state index in [4.69, 9.17) is 26.6 Å². The number of ether oxygens (including phenoxy) is 1. The van der Waals surface area contributed by atoms with Crippen LogP contribution in [-0.2, 0) is 10.0 Å². The summed E-state index contributed by atoms with van der Waals surface area (Å²) in [6.07, 6.45) is 0. The molecule has 0 amide bonds. The van der Waals surface area contributed by atoms with Crippen molar-refractivity contribution in [2.45, 2.75) is 4.90 Å². The van der Waals surface area contributed by atoms with Gasteiger partial charge in [0.05, 0.1) is 4.90 Å². The number of rotatable bonds is 4. The third-order valence-corrected chi connectivity index (χ3v) is 3.68. The minimum absolute atomic E-state index is 0.0165. The standard InChI is InChI=1S/C13H10ClNO5S/c14-8-2-1-3-9(6-8)20-12-5-4-10(21(15,18)19)7-11(12)13(16)17/h1-7H,(H,16,17)(H2,15,18,19). The summed E-state index contributed by atoms with van der Waals surface area (Å²) in [7, 11) is -4.00. The van der Waals surface area contributed by atoms with Gasteiger partial charge in [-0.15, -0.1) is 0 Å². The van der Waals surface area contributed by atoms with Gasteiger partial charge in [-0.3, -0.25) is 0 Å². The Labute approximate surface area is 125 Å². The second-order valence-corrected chi connectivity index (χ2v) is 6.07. The monoisotopic (exact) mass is 327 g/mol. The molecular weight excluding hydrogens is 318 g/mol. The molecule has 0 aliphatic heterocycles. The largest absolute Gasteiger partial charge is 0.478 e. The van der Waals surface area contributed by atoms with Crippen molar-refractivity contribution in [2.24, 2.45) is 5.14 Å². The molecule has 0 saturated carbocycles. The van der Waals surface area contributed by atoms with E-state index in [9.17, 15) is 13.2 Å². The Bertz CT molecular complexity index is 804. The summed E-state index contributed by atoms with van der Waals surface area (Å²) in [6, 6.07) is 9.70. The third-order valence-electron chi connectivity index (χ3n) is 2.53. The Morgan fingerprint density at radius 1 is 1.19 bits per heavy atom. The highest BCUT2D eigenvalue weighted by Gasteiger charge is 2.17. The predicted octanol–water partition coefficient (Wildman–Crippen LogP) is 2.48. The summed E-state index contributed by atoms with van der Waals surface area (Å²) in [5.74, 6) is -1.02. The van der Waals surface area contributed by atoms with E-state index in [1.54, 1.807) is 18.2 Å². The van der Waals surface area contributed by atoms with Gasteiger partial charge in [0.25, 0.3) is 0 Å². The molecule has 2 aromatic rings. The number of hydrogen-bond acceptors (Lipinski definition) is 4. The minimum Gasteiger partial charge on any atom is -0.478 e. The van der Waals surface area contributed by atoms with Gasteiger partial charge in [0.15, 0.2) is 0 Å². The molecule has 0 heterocycles. The number of carbonyl (C=O) groups is 1. The fourth-order valence-electron chi connectivity index (χ4n) is 1.60. The fraction of sp³-hybridized carbons (Fsp3) is 0. The molecule has 0 unspecified atom stereocenters. The first-order chi connectivity index (χ1) is 9.77. The molecule has 0 bridgehead atoms. The van der Waals surface area contributed by atoms with Gasteiger partial charge in [0.1, 0.15) is 17.1 Å². The molecule has 8 heteroatoms. The molecule has 0 atom stereocenters. The average Bonchev–Trinajstić information content (AvgIpc) is 2.37. The zero-order chi connectivity index (χ0) is 15.6. The summed E-state index contributed by atoms with van der Waals surface area (Å²) >= 11 is 5.81. The van der Waals surface area contributed by atoms with E-state index in [2.05, 4.69) is 0 Å². The van der Waals surface area contributed by atoms with Crippen LogP contribution in [0.4, 0.5) is 0 Å². The van der Waals surface area contributed by atoms with Crippen LogP contribution in [0.1, 0.15) is 10.4 Å². The van der Waals surface area contributed by atoms with Crippen molar-refractivity contribution >= 4 is 27.6 Å². The highest BCUT2D eigenvalue weighted by Crippen LogP contribution is 2.28. The molecule has 2 rings (SSSR count). The van der Waals surface area contributed by atoms with Crippen molar-refractivity contribution in [3.05, 3.63) is 53.1 Å². The van der Waals surface area contributed by atoms with Crippen LogP contribution in [0.15, 0.2) is 47.4 Å². The maximum atomic E-state index is 11.2. The summed E-state index contributed by atoms with van der Waals surface area (Å²) in [6.45, 7) is 0. The molecule has 0 aliphatic rings. The number of halogens is 1. The van der Waals surface area contributed by atoms with Crippen LogP contribution in [0.25, 0.3) is 0 Å². The SMILES string of the molecule is NS(=O)(=O)c1ccc(Oc2cccc(Cl)c2)c(C(=O)O)c1. The van der Waals surface area contributed by atoms with E-state index in [-0.39, 0.29) is 16.2 Å². The number of primary sulfonamides is 1. The Kier molecular flexibility index (Phi) is 4.17. The Morgan fingerprint density at radius 3 is 2.48 bits per heavy atom. The van der Waals surface area contributed by atoms with E-state index in [0.29, 0.717) is 10.8 Å². The molecular formula is C13H10ClNO5S. The second-order valence-electron chi connectivity index (χ2n) is 4.07. The lowest BCUT2D eigenvalue weighted by molar-refractivity contribution is 0.0694. The van der Waals surface area contributed by atoms with Crippen molar-refractivity contribution in [3.8, 4) is 11.5 Å². The first-order valence-corrected chi connectivity index (χ1v) is 7.53. The maximum Gasteiger partial charge on any atom is 0.339 e. The van der Waals surface area contributed by atoms with Gasteiger partial charge < -0.3 is 9.84 Å². The highest BCUT2D eigenvalue weighted by molar-refractivity contribution is 7.89. The Hall–Kier alpha value is -2.09. The third kappa shape index (κ3) is 3.72. The molecule has 3 N–H and O–H groups in total. The number of aromatic carboxylic acids is 1. The zero-order valence-electron chi connectivity index (χ0n) is 10.5. The predicted molar refractivity (Wildman–Crippen MR) is 76.3 cm³/mol. The molecule has 0 aliphatic carbocycles. The van der Waals surface area contributed by atoms with Crippen LogP contribution in [0, 0.1) is 0 Å². The number of hydrogen-bond donors (Lipinski definition) is 2. The van der Waals surface area contributed by atoms with Gasteiger partial charge in [0.2, 0.25) is 10.0 Å². The van der Waals surface area contributed by atoms with E-state index in [0.717, 1.165) is 6.07 Å². The van der Waals surface area contributed by atoms with Crippen molar-refractivity contribution in [2.75, 3.05) is 0 Å². The summed E-state index contributed by atoms with van der Waals surface area (Å²) in [5, 5.41) is 14.5. The molecule has 0 radical (unpaired) electrons. The van der Waals surface area contributed by atoms with E-state index < -0.39 is 16.0 Å². The Morgan fingerprint density at radius 2 is 1.90 bits per heavy atom.